The Morgan fingerprint density at radius 3 is 2.42 bits per heavy atom. The fourth-order valence-corrected chi connectivity index (χ4v) is 4.18. The summed E-state index contributed by atoms with van der Waals surface area (Å²) in [5.41, 5.74) is 1.04. The summed E-state index contributed by atoms with van der Waals surface area (Å²) in [6.07, 6.45) is -4.23. The predicted molar refractivity (Wildman–Crippen MR) is 118 cm³/mol. The largest absolute Gasteiger partial charge is 0.416 e. The van der Waals surface area contributed by atoms with Gasteiger partial charge in [0.1, 0.15) is 5.82 Å². The fourth-order valence-electron chi connectivity index (χ4n) is 3.26. The molecule has 11 heteroatoms. The maximum atomic E-state index is 12.8. The van der Waals surface area contributed by atoms with E-state index in [1.165, 1.54) is 30.0 Å². The highest BCUT2D eigenvalue weighted by atomic mass is 32.2. The highest BCUT2D eigenvalue weighted by Crippen LogP contribution is 2.31. The number of halogens is 3. The van der Waals surface area contributed by atoms with Gasteiger partial charge < -0.3 is 4.98 Å². The quantitative estimate of drug-likeness (QED) is 0.415. The molecule has 0 aliphatic rings. The standard InChI is InChI=1S/C22H18F3N5O2S/c1-13-3-2-4-17(9-13)30-18(10-16-11-19(31)27-20(32)26-16)28-29-21(30)33-12-14-5-7-15(8-6-14)22(23,24)25/h2-9,11H,10,12H2,1H3,(H2,26,27,31,32). The van der Waals surface area contributed by atoms with Gasteiger partial charge in [-0.1, -0.05) is 36.0 Å². The van der Waals surface area contributed by atoms with Crippen molar-refractivity contribution < 1.29 is 13.2 Å². The molecule has 0 radical (unpaired) electrons. The highest BCUT2D eigenvalue weighted by Gasteiger charge is 2.30. The first kappa shape index (κ1) is 22.6. The molecule has 2 aromatic heterocycles. The minimum Gasteiger partial charge on any atom is -0.311 e. The Kier molecular flexibility index (Phi) is 6.23. The van der Waals surface area contributed by atoms with Crippen molar-refractivity contribution in [2.75, 3.05) is 0 Å². The average Bonchev–Trinajstić information content (AvgIpc) is 3.13. The van der Waals surface area contributed by atoms with Crippen LogP contribution in [0.3, 0.4) is 0 Å². The van der Waals surface area contributed by atoms with Gasteiger partial charge in [0.2, 0.25) is 0 Å². The summed E-state index contributed by atoms with van der Waals surface area (Å²) < 4.78 is 40.2. The minimum atomic E-state index is -4.38. The molecule has 0 aliphatic carbocycles. The maximum Gasteiger partial charge on any atom is 0.416 e. The second-order valence-electron chi connectivity index (χ2n) is 7.35. The number of hydrogen-bond donors (Lipinski definition) is 2. The van der Waals surface area contributed by atoms with Gasteiger partial charge in [0, 0.05) is 29.6 Å². The van der Waals surface area contributed by atoms with Crippen LogP contribution in [0.5, 0.6) is 0 Å². The first-order valence-electron chi connectivity index (χ1n) is 9.82. The molecule has 0 fully saturated rings. The normalized spacial score (nSPS) is 11.6. The SMILES string of the molecule is Cc1cccc(-n2c(Cc3cc(=O)[nH]c(=O)[nH]3)nnc2SCc2ccc(C(F)(F)F)cc2)c1. The number of benzene rings is 2. The van der Waals surface area contributed by atoms with E-state index in [0.717, 1.165) is 23.4 Å². The van der Waals surface area contributed by atoms with Gasteiger partial charge in [-0.15, -0.1) is 10.2 Å². The third-order valence-electron chi connectivity index (χ3n) is 4.77. The predicted octanol–water partition coefficient (Wildman–Crippen LogP) is 3.85. The molecule has 4 rings (SSSR count). The van der Waals surface area contributed by atoms with Gasteiger partial charge in [-0.25, -0.2) is 4.79 Å². The molecule has 0 bridgehead atoms. The average molecular weight is 473 g/mol. The molecule has 2 N–H and O–H groups in total. The summed E-state index contributed by atoms with van der Waals surface area (Å²) in [5.74, 6) is 0.876. The highest BCUT2D eigenvalue weighted by molar-refractivity contribution is 7.98. The van der Waals surface area contributed by atoms with Crippen molar-refractivity contribution in [2.45, 2.75) is 30.4 Å². The Balaban J connectivity index is 1.65. The lowest BCUT2D eigenvalue weighted by atomic mass is 10.1. The van der Waals surface area contributed by atoms with E-state index in [9.17, 15) is 22.8 Å². The number of hydrogen-bond acceptors (Lipinski definition) is 5. The lowest BCUT2D eigenvalue weighted by Gasteiger charge is -2.11. The van der Waals surface area contributed by atoms with Crippen LogP contribution >= 0.6 is 11.8 Å². The van der Waals surface area contributed by atoms with E-state index in [-0.39, 0.29) is 6.42 Å². The summed E-state index contributed by atoms with van der Waals surface area (Å²) >= 11 is 1.32. The molecule has 0 atom stereocenters. The summed E-state index contributed by atoms with van der Waals surface area (Å²) in [4.78, 5) is 28.0. The van der Waals surface area contributed by atoms with E-state index in [1.54, 1.807) is 4.57 Å². The van der Waals surface area contributed by atoms with E-state index in [2.05, 4.69) is 20.2 Å². The monoisotopic (exact) mass is 473 g/mol. The summed E-state index contributed by atoms with van der Waals surface area (Å²) in [6.45, 7) is 1.94. The minimum absolute atomic E-state index is 0.154. The van der Waals surface area contributed by atoms with E-state index < -0.39 is 23.0 Å². The number of aryl methyl sites for hydroxylation is 1. The van der Waals surface area contributed by atoms with Crippen LogP contribution in [-0.2, 0) is 18.3 Å². The van der Waals surface area contributed by atoms with Gasteiger partial charge in [-0.05, 0) is 42.3 Å². The first-order chi connectivity index (χ1) is 15.7. The van der Waals surface area contributed by atoms with Gasteiger partial charge in [-0.3, -0.25) is 14.3 Å². The molecule has 0 saturated heterocycles. The van der Waals surface area contributed by atoms with Gasteiger partial charge in [-0.2, -0.15) is 13.2 Å². The molecular formula is C22H18F3N5O2S. The molecular weight excluding hydrogens is 455 g/mol. The van der Waals surface area contributed by atoms with E-state index in [4.69, 9.17) is 0 Å². The van der Waals surface area contributed by atoms with Crippen LogP contribution in [0.25, 0.3) is 5.69 Å². The molecule has 0 unspecified atom stereocenters. The molecule has 0 aliphatic heterocycles. The number of nitrogens with one attached hydrogen (secondary N) is 2. The van der Waals surface area contributed by atoms with Gasteiger partial charge in [0.05, 0.1) is 5.56 Å². The topological polar surface area (TPSA) is 96.4 Å². The van der Waals surface area contributed by atoms with Crippen molar-refractivity contribution in [3.63, 3.8) is 0 Å². The Labute approximate surface area is 189 Å². The number of aromatic amines is 2. The molecule has 2 aromatic carbocycles. The smallest absolute Gasteiger partial charge is 0.311 e. The van der Waals surface area contributed by atoms with Crippen LogP contribution in [0, 0.1) is 6.92 Å². The van der Waals surface area contributed by atoms with Gasteiger partial charge in [0.15, 0.2) is 5.16 Å². The number of alkyl halides is 3. The first-order valence-corrected chi connectivity index (χ1v) is 10.8. The zero-order valence-corrected chi connectivity index (χ0v) is 18.1. The summed E-state index contributed by atoms with van der Waals surface area (Å²) in [5, 5.41) is 9.03. The van der Waals surface area contributed by atoms with Crippen molar-refractivity contribution in [3.05, 3.63) is 104 Å². The molecule has 33 heavy (non-hydrogen) atoms. The molecule has 7 nitrogen and oxygen atoms in total. The Hall–Kier alpha value is -3.60. The van der Waals surface area contributed by atoms with Crippen molar-refractivity contribution in [2.24, 2.45) is 0 Å². The second kappa shape index (κ2) is 9.10. The number of nitrogens with zero attached hydrogens (tertiary/aromatic N) is 3. The van der Waals surface area contributed by atoms with E-state index >= 15 is 0 Å². The van der Waals surface area contributed by atoms with Crippen LogP contribution in [0.15, 0.2) is 69.3 Å². The van der Waals surface area contributed by atoms with Crippen LogP contribution in [0.1, 0.15) is 28.2 Å². The fraction of sp³-hybridized carbons (Fsp3) is 0.182. The Morgan fingerprint density at radius 1 is 1.00 bits per heavy atom. The summed E-state index contributed by atoms with van der Waals surface area (Å²) in [7, 11) is 0. The molecule has 4 aromatic rings. The number of rotatable bonds is 6. The van der Waals surface area contributed by atoms with E-state index in [0.29, 0.717) is 28.0 Å². The van der Waals surface area contributed by atoms with Crippen molar-refractivity contribution in [1.29, 1.82) is 0 Å². The van der Waals surface area contributed by atoms with Gasteiger partial charge >= 0.3 is 11.9 Å². The van der Waals surface area contributed by atoms with Crippen molar-refractivity contribution in [3.8, 4) is 5.69 Å². The lowest BCUT2D eigenvalue weighted by Crippen LogP contribution is -2.23. The maximum absolute atomic E-state index is 12.8. The second-order valence-corrected chi connectivity index (χ2v) is 8.29. The molecule has 0 saturated carbocycles. The number of H-pyrrole nitrogens is 2. The van der Waals surface area contributed by atoms with Crippen LogP contribution in [-0.4, -0.2) is 24.7 Å². The third kappa shape index (κ3) is 5.43. The molecule has 0 amide bonds. The Morgan fingerprint density at radius 2 is 1.76 bits per heavy atom. The van der Waals surface area contributed by atoms with Gasteiger partial charge in [0.25, 0.3) is 5.56 Å². The summed E-state index contributed by atoms with van der Waals surface area (Å²) in [6, 6.07) is 13.9. The molecule has 2 heterocycles. The lowest BCUT2D eigenvalue weighted by molar-refractivity contribution is -0.137. The van der Waals surface area contributed by atoms with Crippen molar-refractivity contribution >= 4 is 11.8 Å². The van der Waals surface area contributed by atoms with Crippen LogP contribution < -0.4 is 11.2 Å². The number of thioether (sulfide) groups is 1. The van der Waals surface area contributed by atoms with Crippen LogP contribution in [0.4, 0.5) is 13.2 Å². The zero-order valence-electron chi connectivity index (χ0n) is 17.3. The van der Waals surface area contributed by atoms with Crippen molar-refractivity contribution in [1.82, 2.24) is 24.7 Å². The zero-order chi connectivity index (χ0) is 23.6. The van der Waals surface area contributed by atoms with E-state index in [1.807, 2.05) is 31.2 Å². The molecule has 0 spiro atoms. The number of aromatic nitrogens is 5. The van der Waals surface area contributed by atoms with Crippen LogP contribution in [0.2, 0.25) is 0 Å². The Bertz CT molecular complexity index is 1360. The molecule has 170 valence electrons. The third-order valence-corrected chi connectivity index (χ3v) is 5.77.